The third-order valence-electron chi connectivity index (χ3n) is 7.34. The molecule has 0 aromatic carbocycles. The van der Waals surface area contributed by atoms with Gasteiger partial charge in [-0.1, -0.05) is 142 Å². The first-order valence-electron chi connectivity index (χ1n) is 16.8. The maximum atomic E-state index is 12.1. The van der Waals surface area contributed by atoms with E-state index >= 15 is 0 Å². The Morgan fingerprint density at radius 1 is 0.605 bits per heavy atom. The molecular formula is C34H66O4. The van der Waals surface area contributed by atoms with Crippen molar-refractivity contribution in [2.75, 3.05) is 19.8 Å². The summed E-state index contributed by atoms with van der Waals surface area (Å²) >= 11 is 0. The number of rotatable bonds is 31. The number of esters is 1. The molecule has 0 heterocycles. The van der Waals surface area contributed by atoms with Gasteiger partial charge in [0.1, 0.15) is 6.10 Å². The molecule has 226 valence electrons. The highest BCUT2D eigenvalue weighted by atomic mass is 16.6. The molecule has 0 aromatic heterocycles. The third-order valence-corrected chi connectivity index (χ3v) is 7.34. The summed E-state index contributed by atoms with van der Waals surface area (Å²) in [6.45, 7) is 5.33. The lowest BCUT2D eigenvalue weighted by molar-refractivity contribution is -0.154. The van der Waals surface area contributed by atoms with Gasteiger partial charge in [-0.2, -0.15) is 0 Å². The normalized spacial score (nSPS) is 12.4. The maximum Gasteiger partial charge on any atom is 0.306 e. The lowest BCUT2D eigenvalue weighted by atomic mass is 10.0. The van der Waals surface area contributed by atoms with Gasteiger partial charge >= 0.3 is 5.97 Å². The van der Waals surface area contributed by atoms with E-state index in [1.807, 2.05) is 0 Å². The highest BCUT2D eigenvalue weighted by Crippen LogP contribution is 2.13. The van der Waals surface area contributed by atoms with E-state index in [-0.39, 0.29) is 12.6 Å². The van der Waals surface area contributed by atoms with Crippen LogP contribution in [0.2, 0.25) is 0 Å². The molecule has 0 saturated carbocycles. The van der Waals surface area contributed by atoms with Gasteiger partial charge in [0.25, 0.3) is 0 Å². The van der Waals surface area contributed by atoms with Gasteiger partial charge < -0.3 is 14.6 Å². The zero-order chi connectivity index (χ0) is 27.8. The predicted octanol–water partition coefficient (Wildman–Crippen LogP) is 10.3. The van der Waals surface area contributed by atoms with Crippen molar-refractivity contribution in [2.24, 2.45) is 0 Å². The molecule has 38 heavy (non-hydrogen) atoms. The van der Waals surface area contributed by atoms with Gasteiger partial charge in [-0.05, 0) is 38.5 Å². The zero-order valence-electron chi connectivity index (χ0n) is 25.7. The van der Waals surface area contributed by atoms with Crippen LogP contribution < -0.4 is 0 Å². The molecule has 0 radical (unpaired) electrons. The smallest absolute Gasteiger partial charge is 0.306 e. The number of hydrogen-bond acceptors (Lipinski definition) is 4. The summed E-state index contributed by atoms with van der Waals surface area (Å²) < 4.78 is 11.1. The summed E-state index contributed by atoms with van der Waals surface area (Å²) in [6.07, 6.45) is 35.2. The van der Waals surface area contributed by atoms with Crippen molar-refractivity contribution in [3.63, 3.8) is 0 Å². The van der Waals surface area contributed by atoms with Crippen molar-refractivity contribution >= 4 is 5.97 Å². The van der Waals surface area contributed by atoms with Gasteiger partial charge in [-0.25, -0.2) is 0 Å². The fraction of sp³-hybridized carbons (Fsp3) is 0.912. The summed E-state index contributed by atoms with van der Waals surface area (Å²) in [5.41, 5.74) is 0. The lowest BCUT2D eigenvalue weighted by Gasteiger charge is -2.15. The van der Waals surface area contributed by atoms with Crippen LogP contribution in [0.25, 0.3) is 0 Å². The van der Waals surface area contributed by atoms with Crippen LogP contribution in [0.15, 0.2) is 12.2 Å². The minimum atomic E-state index is -0.529. The largest absolute Gasteiger partial charge is 0.457 e. The average Bonchev–Trinajstić information content (AvgIpc) is 2.92. The third kappa shape index (κ3) is 29.7. The highest BCUT2D eigenvalue weighted by molar-refractivity contribution is 5.69. The molecule has 0 spiro atoms. The number of carbonyl (C=O) groups is 1. The average molecular weight is 539 g/mol. The van der Waals surface area contributed by atoms with Crippen molar-refractivity contribution in [2.45, 2.75) is 180 Å². The van der Waals surface area contributed by atoms with Crippen LogP contribution in [0.1, 0.15) is 174 Å². The molecule has 0 aromatic rings. The number of hydrogen-bond donors (Lipinski definition) is 1. The van der Waals surface area contributed by atoms with E-state index in [0.29, 0.717) is 19.6 Å². The van der Waals surface area contributed by atoms with Gasteiger partial charge in [-0.3, -0.25) is 4.79 Å². The fourth-order valence-electron chi connectivity index (χ4n) is 4.79. The highest BCUT2D eigenvalue weighted by Gasteiger charge is 2.13. The Balaban J connectivity index is 3.44. The molecule has 0 aliphatic heterocycles. The van der Waals surface area contributed by atoms with E-state index in [1.54, 1.807) is 0 Å². The SMILES string of the molecule is CCCCCC/C=C\CCCCCCCC(=O)OC(CO)COCCCCCCCCCCCCCCC. The lowest BCUT2D eigenvalue weighted by Crippen LogP contribution is -2.27. The number of carbonyl (C=O) groups excluding carboxylic acids is 1. The molecule has 0 bridgehead atoms. The molecule has 1 N–H and O–H groups in total. The van der Waals surface area contributed by atoms with Crippen LogP contribution in [-0.4, -0.2) is 37.0 Å². The van der Waals surface area contributed by atoms with Crippen LogP contribution in [0, 0.1) is 0 Å². The molecule has 1 atom stereocenters. The molecule has 4 nitrogen and oxygen atoms in total. The summed E-state index contributed by atoms with van der Waals surface area (Å²) in [7, 11) is 0. The molecule has 4 heteroatoms. The van der Waals surface area contributed by atoms with Crippen molar-refractivity contribution in [1.82, 2.24) is 0 Å². The molecular weight excluding hydrogens is 472 g/mol. The second-order valence-electron chi connectivity index (χ2n) is 11.2. The van der Waals surface area contributed by atoms with Gasteiger partial charge in [-0.15, -0.1) is 0 Å². The van der Waals surface area contributed by atoms with Gasteiger partial charge in [0.15, 0.2) is 0 Å². The van der Waals surface area contributed by atoms with E-state index in [1.165, 1.54) is 135 Å². The molecule has 0 rings (SSSR count). The summed E-state index contributed by atoms with van der Waals surface area (Å²) in [6, 6.07) is 0. The Bertz CT molecular complexity index is 491. The number of ether oxygens (including phenoxy) is 2. The van der Waals surface area contributed by atoms with Crippen LogP contribution in [0.4, 0.5) is 0 Å². The number of aliphatic hydroxyl groups excluding tert-OH is 1. The molecule has 1 unspecified atom stereocenters. The summed E-state index contributed by atoms with van der Waals surface area (Å²) in [5, 5.41) is 9.51. The minimum absolute atomic E-state index is 0.170. The molecule has 0 fully saturated rings. The van der Waals surface area contributed by atoms with Crippen molar-refractivity contribution in [1.29, 1.82) is 0 Å². The molecule has 0 amide bonds. The molecule has 0 aliphatic rings. The van der Waals surface area contributed by atoms with Gasteiger partial charge in [0.2, 0.25) is 0 Å². The minimum Gasteiger partial charge on any atom is -0.457 e. The van der Waals surface area contributed by atoms with E-state index in [0.717, 1.165) is 19.3 Å². The van der Waals surface area contributed by atoms with Gasteiger partial charge in [0.05, 0.1) is 13.2 Å². The number of aliphatic hydroxyl groups is 1. The Labute approximate surface area is 237 Å². The zero-order valence-corrected chi connectivity index (χ0v) is 25.7. The Morgan fingerprint density at radius 3 is 1.53 bits per heavy atom. The van der Waals surface area contributed by atoms with Crippen molar-refractivity contribution in [3.8, 4) is 0 Å². The fourth-order valence-corrected chi connectivity index (χ4v) is 4.79. The predicted molar refractivity (Wildman–Crippen MR) is 164 cm³/mol. The quantitative estimate of drug-likeness (QED) is 0.0542. The van der Waals surface area contributed by atoms with E-state index in [2.05, 4.69) is 26.0 Å². The van der Waals surface area contributed by atoms with Crippen molar-refractivity contribution < 1.29 is 19.4 Å². The van der Waals surface area contributed by atoms with Crippen LogP contribution in [-0.2, 0) is 14.3 Å². The van der Waals surface area contributed by atoms with Crippen LogP contribution >= 0.6 is 0 Å². The molecule has 0 aliphatic carbocycles. The van der Waals surface area contributed by atoms with Crippen LogP contribution in [0.5, 0.6) is 0 Å². The summed E-state index contributed by atoms with van der Waals surface area (Å²) in [4.78, 5) is 12.1. The maximum absolute atomic E-state index is 12.1. The first-order chi connectivity index (χ1) is 18.7. The standard InChI is InChI=1S/C34H66O4/c1-3-5-7-9-11-13-15-17-19-21-23-25-27-29-34(36)38-33(31-35)32-37-30-28-26-24-22-20-18-16-14-12-10-8-6-4-2/h13,15,33,35H,3-12,14,16-32H2,1-2H3/b15-13-. The monoisotopic (exact) mass is 538 g/mol. The Kier molecular flexibility index (Phi) is 31.6. The van der Waals surface area contributed by atoms with Crippen molar-refractivity contribution in [3.05, 3.63) is 12.2 Å². The first-order valence-corrected chi connectivity index (χ1v) is 16.8. The second-order valence-corrected chi connectivity index (χ2v) is 11.2. The van der Waals surface area contributed by atoms with E-state index in [4.69, 9.17) is 9.47 Å². The Morgan fingerprint density at radius 2 is 1.03 bits per heavy atom. The van der Waals surface area contributed by atoms with Crippen LogP contribution in [0.3, 0.4) is 0 Å². The van der Waals surface area contributed by atoms with Gasteiger partial charge in [0, 0.05) is 13.0 Å². The topological polar surface area (TPSA) is 55.8 Å². The first kappa shape index (κ1) is 37.1. The second kappa shape index (κ2) is 32.3. The summed E-state index contributed by atoms with van der Waals surface area (Å²) in [5.74, 6) is -0.209. The molecule has 0 saturated heterocycles. The van der Waals surface area contributed by atoms with E-state index < -0.39 is 6.10 Å². The number of allylic oxidation sites excluding steroid dienone is 2. The van der Waals surface area contributed by atoms with E-state index in [9.17, 15) is 9.90 Å². The Hall–Kier alpha value is -0.870. The number of unbranched alkanes of at least 4 members (excludes halogenated alkanes) is 21.